The highest BCUT2D eigenvalue weighted by atomic mass is 16.8. The van der Waals surface area contributed by atoms with Crippen molar-refractivity contribution < 1.29 is 14.3 Å². The third-order valence-corrected chi connectivity index (χ3v) is 9.07. The molecule has 2 saturated carbocycles. The van der Waals surface area contributed by atoms with E-state index in [9.17, 15) is 4.79 Å². The van der Waals surface area contributed by atoms with Gasteiger partial charge in [0.1, 0.15) is 23.9 Å². The number of nitrogens with zero attached hydrogens (tertiary/aromatic N) is 4. The fraction of sp³-hybridized carbons (Fsp3) is 0.567. The first-order chi connectivity index (χ1) is 19.1. The summed E-state index contributed by atoms with van der Waals surface area (Å²) in [4.78, 5) is 23.7. The van der Waals surface area contributed by atoms with Crippen molar-refractivity contribution in [3.05, 3.63) is 42.4 Å². The SMILES string of the molecule is Cc1ccc(NC(=O)CCC2CC(N(C)C[C@H]3C[C@@H](n4ccc5c(N)ncnc54)[C@@H]4OC(C)(C)O[C@H]34)C2)c(N)c1. The van der Waals surface area contributed by atoms with Gasteiger partial charge in [0.15, 0.2) is 5.79 Å². The van der Waals surface area contributed by atoms with Gasteiger partial charge in [-0.05, 0) is 83.2 Å². The van der Waals surface area contributed by atoms with Crippen molar-refractivity contribution in [3.63, 3.8) is 0 Å². The lowest BCUT2D eigenvalue weighted by molar-refractivity contribution is -0.161. The van der Waals surface area contributed by atoms with E-state index >= 15 is 0 Å². The highest BCUT2D eigenvalue weighted by Crippen LogP contribution is 2.48. The Hall–Kier alpha value is -3.21. The third kappa shape index (κ3) is 5.15. The Bertz CT molecular complexity index is 1400. The summed E-state index contributed by atoms with van der Waals surface area (Å²) in [5.74, 6) is 0.811. The highest BCUT2D eigenvalue weighted by Gasteiger charge is 2.55. The van der Waals surface area contributed by atoms with E-state index in [-0.39, 0.29) is 24.2 Å². The van der Waals surface area contributed by atoms with Crippen molar-refractivity contribution in [1.82, 2.24) is 19.4 Å². The molecule has 2 aliphatic carbocycles. The Balaban J connectivity index is 1.04. The number of carbonyl (C=O) groups excluding carboxylic acids is 1. The average Bonchev–Trinajstić information content (AvgIpc) is 3.52. The molecule has 10 nitrogen and oxygen atoms in total. The zero-order valence-corrected chi connectivity index (χ0v) is 23.8. The topological polar surface area (TPSA) is 134 Å². The van der Waals surface area contributed by atoms with Crippen molar-refractivity contribution >= 4 is 34.1 Å². The van der Waals surface area contributed by atoms with Crippen LogP contribution in [0.3, 0.4) is 0 Å². The van der Waals surface area contributed by atoms with Crippen LogP contribution >= 0.6 is 0 Å². The molecule has 3 fully saturated rings. The van der Waals surface area contributed by atoms with Crippen LogP contribution in [-0.4, -0.2) is 63.0 Å². The molecule has 214 valence electrons. The Morgan fingerprint density at radius 2 is 1.93 bits per heavy atom. The van der Waals surface area contributed by atoms with Crippen LogP contribution in [0, 0.1) is 18.8 Å². The number of nitrogens with one attached hydrogen (secondary N) is 1. The summed E-state index contributed by atoms with van der Waals surface area (Å²) in [6.07, 6.45) is 8.14. The number of ether oxygens (including phenoxy) is 2. The van der Waals surface area contributed by atoms with E-state index < -0.39 is 5.79 Å². The molecule has 3 heterocycles. The predicted molar refractivity (Wildman–Crippen MR) is 156 cm³/mol. The van der Waals surface area contributed by atoms with Gasteiger partial charge in [-0.1, -0.05) is 6.07 Å². The van der Waals surface area contributed by atoms with Crippen molar-refractivity contribution in [3.8, 4) is 0 Å². The third-order valence-electron chi connectivity index (χ3n) is 9.07. The number of hydrogen-bond acceptors (Lipinski definition) is 8. The van der Waals surface area contributed by atoms with Crippen LogP contribution in [0.4, 0.5) is 17.2 Å². The van der Waals surface area contributed by atoms with Gasteiger partial charge in [0, 0.05) is 31.1 Å². The number of hydrogen-bond donors (Lipinski definition) is 3. The highest BCUT2D eigenvalue weighted by molar-refractivity contribution is 5.93. The summed E-state index contributed by atoms with van der Waals surface area (Å²) in [6, 6.07) is 8.34. The Morgan fingerprint density at radius 1 is 1.15 bits per heavy atom. The van der Waals surface area contributed by atoms with Gasteiger partial charge in [-0.15, -0.1) is 0 Å². The van der Waals surface area contributed by atoms with Gasteiger partial charge in [0.25, 0.3) is 0 Å². The number of fused-ring (bicyclic) bond motifs is 2. The standard InChI is InChI=1S/C30H41N7O3/c1-17-5-7-23(22(31)11-17)35-25(38)8-6-18-12-20(13-18)36(4)15-19-14-24(27-26(19)39-30(2,3)40-27)37-10-9-21-28(32)33-16-34-29(21)37/h5,7,9-11,16,18-20,24,26-27H,6,8,12-15,31H2,1-4H3,(H,35,38)(H2,32,33,34)/t18?,19-,20?,24-,26-,27+/m1/s1. The smallest absolute Gasteiger partial charge is 0.224 e. The fourth-order valence-corrected chi connectivity index (χ4v) is 6.93. The van der Waals surface area contributed by atoms with Gasteiger partial charge in [-0.3, -0.25) is 4.79 Å². The van der Waals surface area contributed by atoms with Crippen molar-refractivity contribution in [2.75, 3.05) is 30.4 Å². The molecular formula is C30H41N7O3. The van der Waals surface area contributed by atoms with Crippen LogP contribution in [0.5, 0.6) is 0 Å². The van der Waals surface area contributed by atoms with Crippen LogP contribution < -0.4 is 16.8 Å². The molecule has 40 heavy (non-hydrogen) atoms. The van der Waals surface area contributed by atoms with E-state index in [1.54, 1.807) is 0 Å². The van der Waals surface area contributed by atoms with E-state index in [0.29, 0.717) is 41.5 Å². The number of amides is 1. The van der Waals surface area contributed by atoms with Crippen molar-refractivity contribution in [2.24, 2.45) is 11.8 Å². The van der Waals surface area contributed by atoms with E-state index in [1.165, 1.54) is 6.33 Å². The molecule has 10 heteroatoms. The zero-order valence-electron chi connectivity index (χ0n) is 23.8. The number of benzene rings is 1. The van der Waals surface area contributed by atoms with Crippen LogP contribution in [0.1, 0.15) is 57.6 Å². The number of nitrogen functional groups attached to an aromatic ring is 2. The van der Waals surface area contributed by atoms with Crippen LogP contribution in [0.15, 0.2) is 36.8 Å². The van der Waals surface area contributed by atoms with Crippen molar-refractivity contribution in [1.29, 1.82) is 0 Å². The molecule has 1 aromatic carbocycles. The van der Waals surface area contributed by atoms with Gasteiger partial charge >= 0.3 is 0 Å². The normalized spacial score (nSPS) is 29.0. The second kappa shape index (κ2) is 10.3. The predicted octanol–water partition coefficient (Wildman–Crippen LogP) is 4.11. The lowest BCUT2D eigenvalue weighted by atomic mass is 9.76. The minimum absolute atomic E-state index is 0.0212. The quantitative estimate of drug-likeness (QED) is 0.359. The molecule has 3 aliphatic rings. The molecule has 1 aliphatic heterocycles. The number of carbonyl (C=O) groups is 1. The number of aromatic nitrogens is 3. The Morgan fingerprint density at radius 3 is 2.70 bits per heavy atom. The van der Waals surface area contributed by atoms with Gasteiger partial charge < -0.3 is 35.7 Å². The lowest BCUT2D eigenvalue weighted by Crippen LogP contribution is -2.46. The molecule has 4 atom stereocenters. The maximum Gasteiger partial charge on any atom is 0.224 e. The monoisotopic (exact) mass is 547 g/mol. The second-order valence-corrected chi connectivity index (χ2v) is 12.5. The molecule has 2 aromatic heterocycles. The van der Waals surface area contributed by atoms with Gasteiger partial charge in [-0.25, -0.2) is 9.97 Å². The summed E-state index contributed by atoms with van der Waals surface area (Å²) in [5.41, 5.74) is 15.4. The van der Waals surface area contributed by atoms with E-state index in [4.69, 9.17) is 20.9 Å². The van der Waals surface area contributed by atoms with Gasteiger partial charge in [-0.2, -0.15) is 0 Å². The van der Waals surface area contributed by atoms with Crippen LogP contribution in [-0.2, 0) is 14.3 Å². The van der Waals surface area contributed by atoms with Crippen LogP contribution in [0.25, 0.3) is 11.0 Å². The summed E-state index contributed by atoms with van der Waals surface area (Å²) in [5, 5.41) is 3.83. The van der Waals surface area contributed by atoms with Gasteiger partial charge in [0.05, 0.1) is 28.9 Å². The minimum atomic E-state index is -0.618. The number of aryl methyl sites for hydroxylation is 1. The van der Waals surface area contributed by atoms with E-state index in [1.807, 2.05) is 45.0 Å². The van der Waals surface area contributed by atoms with Crippen LogP contribution in [0.2, 0.25) is 0 Å². The number of nitrogens with two attached hydrogens (primary N) is 2. The number of rotatable bonds is 8. The molecule has 1 saturated heterocycles. The molecule has 6 rings (SSSR count). The van der Waals surface area contributed by atoms with Crippen molar-refractivity contribution in [2.45, 2.75) is 83.0 Å². The lowest BCUT2D eigenvalue weighted by Gasteiger charge is -2.42. The first-order valence-corrected chi connectivity index (χ1v) is 14.4. The zero-order chi connectivity index (χ0) is 28.2. The maximum atomic E-state index is 12.5. The second-order valence-electron chi connectivity index (χ2n) is 12.5. The molecule has 0 spiro atoms. The summed E-state index contributed by atoms with van der Waals surface area (Å²) < 4.78 is 15.1. The molecule has 1 amide bonds. The van der Waals surface area contributed by atoms with E-state index in [2.05, 4.69) is 38.0 Å². The average molecular weight is 548 g/mol. The molecule has 0 radical (unpaired) electrons. The molecule has 0 unspecified atom stereocenters. The Kier molecular flexibility index (Phi) is 6.96. The molecule has 3 aromatic rings. The minimum Gasteiger partial charge on any atom is -0.397 e. The maximum absolute atomic E-state index is 12.5. The Labute approximate surface area is 235 Å². The number of anilines is 3. The molecular weight excluding hydrogens is 506 g/mol. The first kappa shape index (κ1) is 27.0. The fourth-order valence-electron chi connectivity index (χ4n) is 6.93. The molecule has 5 N–H and O–H groups in total. The largest absolute Gasteiger partial charge is 0.397 e. The van der Waals surface area contributed by atoms with E-state index in [0.717, 1.165) is 48.8 Å². The summed E-state index contributed by atoms with van der Waals surface area (Å²) in [7, 11) is 2.22. The summed E-state index contributed by atoms with van der Waals surface area (Å²) >= 11 is 0. The van der Waals surface area contributed by atoms with Gasteiger partial charge in [0.2, 0.25) is 5.91 Å². The summed E-state index contributed by atoms with van der Waals surface area (Å²) in [6.45, 7) is 6.92. The molecule has 0 bridgehead atoms. The first-order valence-electron chi connectivity index (χ1n) is 14.4.